The molecule has 1 amide bonds. The summed E-state index contributed by atoms with van der Waals surface area (Å²) in [5.41, 5.74) is 4.37. The molecule has 0 bridgehead atoms. The minimum Gasteiger partial charge on any atom is -0.286 e. The van der Waals surface area contributed by atoms with E-state index in [2.05, 4.69) is 22.4 Å². The number of carbonyl (C=O) groups is 1. The van der Waals surface area contributed by atoms with Gasteiger partial charge in [-0.05, 0) is 43.2 Å². The van der Waals surface area contributed by atoms with E-state index in [0.29, 0.717) is 11.3 Å². The van der Waals surface area contributed by atoms with Crippen LogP contribution in [0.2, 0.25) is 0 Å². The predicted octanol–water partition coefficient (Wildman–Crippen LogP) is 3.29. The Morgan fingerprint density at radius 1 is 1.39 bits per heavy atom. The normalized spacial score (nSPS) is 17.6. The lowest BCUT2D eigenvalue weighted by Gasteiger charge is -2.18. The average Bonchev–Trinajstić information content (AvgIpc) is 3.06. The van der Waals surface area contributed by atoms with E-state index in [-0.39, 0.29) is 11.5 Å². The zero-order valence-electron chi connectivity index (χ0n) is 15.9. The van der Waals surface area contributed by atoms with Gasteiger partial charge in [0.1, 0.15) is 10.9 Å². The highest BCUT2D eigenvalue weighted by molar-refractivity contribution is 7.18. The topological polar surface area (TPSA) is 76.3 Å². The molecule has 2 aromatic heterocycles. The number of thiophene rings is 1. The molecule has 2 atom stereocenters. The van der Waals surface area contributed by atoms with E-state index in [9.17, 15) is 9.59 Å². The van der Waals surface area contributed by atoms with Crippen LogP contribution in [0, 0.1) is 5.92 Å². The second kappa shape index (κ2) is 7.67. The molecule has 1 aliphatic rings. The maximum absolute atomic E-state index is 13.1. The van der Waals surface area contributed by atoms with Gasteiger partial charge in [0.25, 0.3) is 11.5 Å². The van der Waals surface area contributed by atoms with Crippen LogP contribution in [0.5, 0.6) is 0 Å². The molecule has 1 N–H and O–H groups in total. The summed E-state index contributed by atoms with van der Waals surface area (Å²) in [5, 5.41) is 4.67. The molecule has 4 rings (SSSR count). The van der Waals surface area contributed by atoms with Crippen LogP contribution < -0.4 is 11.0 Å². The molecule has 1 aliphatic carbocycles. The molecule has 6 nitrogen and oxygen atoms in total. The predicted molar refractivity (Wildman–Crippen MR) is 112 cm³/mol. The number of nitrogens with zero attached hydrogens (tertiary/aromatic N) is 3. The number of benzene rings is 1. The lowest BCUT2D eigenvalue weighted by atomic mass is 9.89. The van der Waals surface area contributed by atoms with Crippen LogP contribution in [-0.2, 0) is 17.6 Å². The molecule has 2 heterocycles. The van der Waals surface area contributed by atoms with Crippen molar-refractivity contribution in [1.82, 2.24) is 15.0 Å². The fourth-order valence-corrected chi connectivity index (χ4v) is 4.89. The smallest absolute Gasteiger partial charge is 0.263 e. The average molecular weight is 395 g/mol. The highest BCUT2D eigenvalue weighted by Gasteiger charge is 2.25. The van der Waals surface area contributed by atoms with Crippen LogP contribution in [0.3, 0.4) is 0 Å². The molecule has 0 spiro atoms. The standard InChI is InChI=1S/C21H22N4O2S/c1-13-8-9-16-17(10-13)28-20-18(16)21(27)25(12-22-20)14(2)19(26)24-23-11-15-6-4-3-5-7-15/h3-7,11-14H,8-10H2,1-2H3,(H,24,26)/t13-,14-/m1/s1. The number of rotatable bonds is 4. The Balaban J connectivity index is 1.58. The maximum atomic E-state index is 13.1. The molecule has 0 aliphatic heterocycles. The van der Waals surface area contributed by atoms with E-state index in [4.69, 9.17) is 0 Å². The number of nitrogens with one attached hydrogen (secondary N) is 1. The lowest BCUT2D eigenvalue weighted by molar-refractivity contribution is -0.123. The summed E-state index contributed by atoms with van der Waals surface area (Å²) < 4.78 is 1.40. The molecule has 0 fully saturated rings. The van der Waals surface area contributed by atoms with Crippen molar-refractivity contribution >= 4 is 33.7 Å². The first-order valence-corrected chi connectivity index (χ1v) is 10.3. The maximum Gasteiger partial charge on any atom is 0.263 e. The Morgan fingerprint density at radius 2 is 2.18 bits per heavy atom. The van der Waals surface area contributed by atoms with Gasteiger partial charge in [-0.25, -0.2) is 10.4 Å². The van der Waals surface area contributed by atoms with Crippen LogP contribution in [0.1, 0.15) is 42.3 Å². The Labute approximate surface area is 166 Å². The van der Waals surface area contributed by atoms with Crippen molar-refractivity contribution < 1.29 is 4.79 Å². The number of hydrazone groups is 1. The van der Waals surface area contributed by atoms with Crippen molar-refractivity contribution in [2.24, 2.45) is 11.0 Å². The van der Waals surface area contributed by atoms with Crippen molar-refractivity contribution in [2.45, 2.75) is 39.2 Å². The largest absolute Gasteiger partial charge is 0.286 e. The first-order valence-electron chi connectivity index (χ1n) is 9.44. The second-order valence-electron chi connectivity index (χ2n) is 7.31. The number of amides is 1. The minimum atomic E-state index is -0.699. The third-order valence-corrected chi connectivity index (χ3v) is 6.39. The SMILES string of the molecule is C[C@@H]1CCc2c(sc3ncn([C@H](C)C(=O)NN=Cc4ccccc4)c(=O)c23)C1. The zero-order chi connectivity index (χ0) is 19.7. The first kappa shape index (κ1) is 18.6. The van der Waals surface area contributed by atoms with E-state index in [1.807, 2.05) is 30.3 Å². The van der Waals surface area contributed by atoms with Crippen LogP contribution in [0.15, 0.2) is 46.6 Å². The van der Waals surface area contributed by atoms with E-state index in [1.165, 1.54) is 15.8 Å². The molecule has 0 unspecified atom stereocenters. The van der Waals surface area contributed by atoms with Crippen LogP contribution in [-0.4, -0.2) is 21.7 Å². The van der Waals surface area contributed by atoms with Gasteiger partial charge >= 0.3 is 0 Å². The van der Waals surface area contributed by atoms with Crippen LogP contribution in [0.25, 0.3) is 10.2 Å². The van der Waals surface area contributed by atoms with E-state index in [0.717, 1.165) is 35.2 Å². The van der Waals surface area contributed by atoms with Gasteiger partial charge in [0.15, 0.2) is 0 Å². The first-order chi connectivity index (χ1) is 13.5. The Kier molecular flexibility index (Phi) is 5.09. The summed E-state index contributed by atoms with van der Waals surface area (Å²) in [6, 6.07) is 8.79. The van der Waals surface area contributed by atoms with Gasteiger partial charge < -0.3 is 0 Å². The summed E-state index contributed by atoms with van der Waals surface area (Å²) in [4.78, 5) is 32.1. The summed E-state index contributed by atoms with van der Waals surface area (Å²) in [6.45, 7) is 3.92. The molecule has 0 saturated heterocycles. The number of aryl methyl sites for hydroxylation is 1. The van der Waals surface area contributed by atoms with Crippen molar-refractivity contribution in [2.75, 3.05) is 0 Å². The van der Waals surface area contributed by atoms with Crippen molar-refractivity contribution in [3.8, 4) is 0 Å². The van der Waals surface area contributed by atoms with E-state index >= 15 is 0 Å². The third-order valence-electron chi connectivity index (χ3n) is 5.23. The molecule has 144 valence electrons. The molecule has 3 aromatic rings. The molecule has 7 heteroatoms. The van der Waals surface area contributed by atoms with Gasteiger partial charge in [-0.3, -0.25) is 14.2 Å². The summed E-state index contributed by atoms with van der Waals surface area (Å²) >= 11 is 1.61. The molecule has 1 aromatic carbocycles. The molecule has 0 saturated carbocycles. The number of carbonyl (C=O) groups excluding carboxylic acids is 1. The fourth-order valence-electron chi connectivity index (χ4n) is 3.55. The highest BCUT2D eigenvalue weighted by Crippen LogP contribution is 2.35. The second-order valence-corrected chi connectivity index (χ2v) is 8.39. The van der Waals surface area contributed by atoms with Gasteiger partial charge in [-0.1, -0.05) is 37.3 Å². The van der Waals surface area contributed by atoms with Gasteiger partial charge in [0.05, 0.1) is 17.9 Å². The fraction of sp³-hybridized carbons (Fsp3) is 0.333. The number of hydrogen-bond acceptors (Lipinski definition) is 5. The van der Waals surface area contributed by atoms with E-state index in [1.54, 1.807) is 24.5 Å². The minimum absolute atomic E-state index is 0.147. The van der Waals surface area contributed by atoms with Crippen LogP contribution >= 0.6 is 11.3 Å². The number of fused-ring (bicyclic) bond motifs is 3. The molecule has 28 heavy (non-hydrogen) atoms. The Morgan fingerprint density at radius 3 is 2.96 bits per heavy atom. The zero-order valence-corrected chi connectivity index (χ0v) is 16.7. The van der Waals surface area contributed by atoms with Crippen molar-refractivity contribution in [3.63, 3.8) is 0 Å². The summed E-state index contributed by atoms with van der Waals surface area (Å²) in [6.07, 6.45) is 6.03. The van der Waals surface area contributed by atoms with E-state index < -0.39 is 6.04 Å². The van der Waals surface area contributed by atoms with Gasteiger partial charge in [-0.15, -0.1) is 11.3 Å². The molecule has 0 radical (unpaired) electrons. The third kappa shape index (κ3) is 3.49. The molecular formula is C21H22N4O2S. The van der Waals surface area contributed by atoms with Crippen LogP contribution in [0.4, 0.5) is 0 Å². The van der Waals surface area contributed by atoms with Gasteiger partial charge in [-0.2, -0.15) is 5.10 Å². The Hall–Kier alpha value is -2.80. The molecular weight excluding hydrogens is 372 g/mol. The van der Waals surface area contributed by atoms with Crippen molar-refractivity contribution in [1.29, 1.82) is 0 Å². The number of hydrogen-bond donors (Lipinski definition) is 1. The summed E-state index contributed by atoms with van der Waals surface area (Å²) in [5.74, 6) is 0.281. The monoisotopic (exact) mass is 394 g/mol. The van der Waals surface area contributed by atoms with Gasteiger partial charge in [0.2, 0.25) is 0 Å². The lowest BCUT2D eigenvalue weighted by Crippen LogP contribution is -2.34. The summed E-state index contributed by atoms with van der Waals surface area (Å²) in [7, 11) is 0. The highest BCUT2D eigenvalue weighted by atomic mass is 32.1. The number of aromatic nitrogens is 2. The van der Waals surface area contributed by atoms with Crippen molar-refractivity contribution in [3.05, 3.63) is 63.0 Å². The van der Waals surface area contributed by atoms with Gasteiger partial charge in [0, 0.05) is 4.88 Å². The Bertz CT molecular complexity index is 1100. The quantitative estimate of drug-likeness (QED) is 0.545.